The van der Waals surface area contributed by atoms with Gasteiger partial charge in [-0.05, 0) is 48.4 Å². The molecule has 5 nitrogen and oxygen atoms in total. The average molecular weight is 411 g/mol. The van der Waals surface area contributed by atoms with Gasteiger partial charge in [-0.1, -0.05) is 6.07 Å². The molecule has 1 heterocycles. The lowest BCUT2D eigenvalue weighted by atomic mass is 9.99. The van der Waals surface area contributed by atoms with Gasteiger partial charge in [-0.3, -0.25) is 9.59 Å². The summed E-state index contributed by atoms with van der Waals surface area (Å²) >= 11 is 0. The molecule has 0 radical (unpaired) electrons. The zero-order chi connectivity index (χ0) is 19.4. The maximum absolute atomic E-state index is 14.5. The molecular weight excluding hydrogens is 390 g/mol. The van der Waals surface area contributed by atoms with E-state index in [1.807, 2.05) is 0 Å². The minimum absolute atomic E-state index is 0. The highest BCUT2D eigenvalue weighted by molar-refractivity contribution is 6.00. The van der Waals surface area contributed by atoms with Gasteiger partial charge in [0.05, 0.1) is 12.8 Å². The lowest BCUT2D eigenvalue weighted by Crippen LogP contribution is -2.25. The first-order valence-electron chi connectivity index (χ1n) is 8.67. The number of ketones is 1. The molecule has 0 unspecified atom stereocenters. The number of hydrogen-bond acceptors (Lipinski definition) is 4. The van der Waals surface area contributed by atoms with E-state index in [4.69, 9.17) is 4.74 Å². The van der Waals surface area contributed by atoms with Crippen molar-refractivity contribution in [3.8, 4) is 5.75 Å². The number of amides is 1. The average Bonchev–Trinajstić information content (AvgIpc) is 2.68. The summed E-state index contributed by atoms with van der Waals surface area (Å²) in [6, 6.07) is 7.20. The normalized spacial score (nSPS) is 12.5. The van der Waals surface area contributed by atoms with Gasteiger partial charge in [-0.25, -0.2) is 8.78 Å². The van der Waals surface area contributed by atoms with Crippen molar-refractivity contribution in [1.82, 2.24) is 5.32 Å². The number of fused-ring (bicyclic) bond motifs is 1. The molecule has 1 amide bonds. The van der Waals surface area contributed by atoms with Crippen LogP contribution in [-0.4, -0.2) is 25.3 Å². The highest BCUT2D eigenvalue weighted by atomic mass is 35.5. The molecule has 2 N–H and O–H groups in total. The Balaban J connectivity index is 0.00000280. The number of methoxy groups -OCH3 is 1. The number of hydrogen-bond donors (Lipinski definition) is 2. The van der Waals surface area contributed by atoms with Crippen molar-refractivity contribution in [2.24, 2.45) is 0 Å². The maximum atomic E-state index is 14.5. The Labute approximate surface area is 167 Å². The topological polar surface area (TPSA) is 67.4 Å². The van der Waals surface area contributed by atoms with Gasteiger partial charge >= 0.3 is 0 Å². The second-order valence-electron chi connectivity index (χ2n) is 6.31. The summed E-state index contributed by atoms with van der Waals surface area (Å²) in [5.41, 5.74) is 1.77. The molecular formula is C20H21ClF2N2O3. The molecule has 0 atom stereocenters. The number of halogens is 3. The van der Waals surface area contributed by atoms with E-state index in [9.17, 15) is 18.4 Å². The maximum Gasteiger partial charge on any atom is 0.224 e. The van der Waals surface area contributed by atoms with Crippen LogP contribution in [0, 0.1) is 11.6 Å². The molecule has 150 valence electrons. The van der Waals surface area contributed by atoms with Gasteiger partial charge in [0.2, 0.25) is 5.91 Å². The molecule has 8 heteroatoms. The van der Waals surface area contributed by atoms with Crippen LogP contribution in [0.5, 0.6) is 5.75 Å². The number of ether oxygens (including phenoxy) is 1. The van der Waals surface area contributed by atoms with Crippen molar-refractivity contribution in [1.29, 1.82) is 0 Å². The second-order valence-corrected chi connectivity index (χ2v) is 6.31. The van der Waals surface area contributed by atoms with Crippen LogP contribution in [0.3, 0.4) is 0 Å². The Morgan fingerprint density at radius 1 is 1.18 bits per heavy atom. The van der Waals surface area contributed by atoms with Crippen molar-refractivity contribution in [3.05, 3.63) is 58.7 Å². The summed E-state index contributed by atoms with van der Waals surface area (Å²) in [7, 11) is 1.33. The number of nitrogens with one attached hydrogen (secondary N) is 2. The van der Waals surface area contributed by atoms with E-state index < -0.39 is 17.5 Å². The largest absolute Gasteiger partial charge is 0.494 e. The Morgan fingerprint density at radius 2 is 1.96 bits per heavy atom. The van der Waals surface area contributed by atoms with Crippen LogP contribution in [0.4, 0.5) is 14.5 Å². The third kappa shape index (κ3) is 4.85. The molecule has 0 bridgehead atoms. The summed E-state index contributed by atoms with van der Waals surface area (Å²) < 4.78 is 33.0. The zero-order valence-electron chi connectivity index (χ0n) is 15.3. The van der Waals surface area contributed by atoms with E-state index in [1.54, 1.807) is 6.07 Å². The molecule has 0 saturated heterocycles. The summed E-state index contributed by atoms with van der Waals surface area (Å²) in [4.78, 5) is 24.2. The monoisotopic (exact) mass is 410 g/mol. The van der Waals surface area contributed by atoms with E-state index >= 15 is 0 Å². The van der Waals surface area contributed by atoms with Gasteiger partial charge < -0.3 is 15.4 Å². The van der Waals surface area contributed by atoms with Crippen LogP contribution >= 0.6 is 12.4 Å². The standard InChI is InChI=1S/C20H20F2N2O3.ClH/c1-27-18-6-3-12(10-15(18)21)17(25)5-7-19(26)24-16-4-2-13-11-23-9-8-14(13)20(16)22;/h2-4,6,10,23H,5,7-9,11H2,1H3,(H,24,26);1H. The number of carbonyl (C=O) groups is 2. The quantitative estimate of drug-likeness (QED) is 0.713. The first-order chi connectivity index (χ1) is 13.0. The van der Waals surface area contributed by atoms with Crippen molar-refractivity contribution in [3.63, 3.8) is 0 Å². The van der Waals surface area contributed by atoms with Crippen molar-refractivity contribution in [2.45, 2.75) is 25.8 Å². The van der Waals surface area contributed by atoms with Crippen molar-refractivity contribution >= 4 is 29.8 Å². The van der Waals surface area contributed by atoms with Crippen LogP contribution < -0.4 is 15.4 Å². The Morgan fingerprint density at radius 3 is 2.68 bits per heavy atom. The minimum Gasteiger partial charge on any atom is -0.494 e. The summed E-state index contributed by atoms with van der Waals surface area (Å²) in [6.07, 6.45) is 0.338. The highest BCUT2D eigenvalue weighted by Crippen LogP contribution is 2.25. The van der Waals surface area contributed by atoms with Crippen LogP contribution in [-0.2, 0) is 17.8 Å². The number of benzene rings is 2. The van der Waals surface area contributed by atoms with Gasteiger partial charge in [-0.15, -0.1) is 12.4 Å². The first kappa shape index (κ1) is 21.8. The number of Topliss-reactive ketones (excluding diaryl/α,β-unsaturated/α-hetero) is 1. The second kappa shape index (κ2) is 9.61. The molecule has 0 saturated carbocycles. The molecule has 1 aliphatic heterocycles. The molecule has 2 aromatic carbocycles. The predicted octanol–water partition coefficient (Wildman–Crippen LogP) is 3.64. The van der Waals surface area contributed by atoms with Crippen LogP contribution in [0.2, 0.25) is 0 Å². The minimum atomic E-state index is -0.640. The van der Waals surface area contributed by atoms with E-state index in [0.29, 0.717) is 25.1 Å². The Hall–Kier alpha value is -2.51. The number of anilines is 1. The summed E-state index contributed by atoms with van der Waals surface area (Å²) in [5, 5.41) is 5.68. The first-order valence-corrected chi connectivity index (χ1v) is 8.67. The lowest BCUT2D eigenvalue weighted by molar-refractivity contribution is -0.116. The lowest BCUT2D eigenvalue weighted by Gasteiger charge is -2.19. The highest BCUT2D eigenvalue weighted by Gasteiger charge is 2.18. The van der Waals surface area contributed by atoms with Gasteiger partial charge in [-0.2, -0.15) is 0 Å². The van der Waals surface area contributed by atoms with Gasteiger partial charge in [0.25, 0.3) is 0 Å². The van der Waals surface area contributed by atoms with E-state index in [2.05, 4.69) is 10.6 Å². The fraction of sp³-hybridized carbons (Fsp3) is 0.300. The van der Waals surface area contributed by atoms with Gasteiger partial charge in [0, 0.05) is 24.9 Å². The molecule has 0 aliphatic carbocycles. The molecule has 3 rings (SSSR count). The SMILES string of the molecule is COc1ccc(C(=O)CCC(=O)Nc2ccc3c(c2F)CCNC3)cc1F.Cl. The molecule has 0 spiro atoms. The van der Waals surface area contributed by atoms with Crippen LogP contribution in [0.15, 0.2) is 30.3 Å². The fourth-order valence-electron chi connectivity index (χ4n) is 3.05. The third-order valence-electron chi connectivity index (χ3n) is 4.53. The zero-order valence-corrected chi connectivity index (χ0v) is 16.1. The van der Waals surface area contributed by atoms with Crippen molar-refractivity contribution < 1.29 is 23.1 Å². The number of rotatable bonds is 6. The predicted molar refractivity (Wildman–Crippen MR) is 104 cm³/mol. The Bertz CT molecular complexity index is 890. The number of carbonyl (C=O) groups excluding carboxylic acids is 2. The van der Waals surface area contributed by atoms with Gasteiger partial charge in [0.15, 0.2) is 17.3 Å². The van der Waals surface area contributed by atoms with Crippen LogP contribution in [0.25, 0.3) is 0 Å². The summed E-state index contributed by atoms with van der Waals surface area (Å²) in [6.45, 7) is 1.29. The fourth-order valence-corrected chi connectivity index (χ4v) is 3.05. The molecule has 0 aromatic heterocycles. The van der Waals surface area contributed by atoms with Gasteiger partial charge in [0.1, 0.15) is 5.82 Å². The van der Waals surface area contributed by atoms with Crippen molar-refractivity contribution in [2.75, 3.05) is 19.0 Å². The van der Waals surface area contributed by atoms with E-state index in [0.717, 1.165) is 11.6 Å². The molecule has 2 aromatic rings. The molecule has 28 heavy (non-hydrogen) atoms. The smallest absolute Gasteiger partial charge is 0.224 e. The summed E-state index contributed by atoms with van der Waals surface area (Å²) in [5.74, 6) is -1.86. The van der Waals surface area contributed by atoms with Crippen LogP contribution in [0.1, 0.15) is 34.3 Å². The third-order valence-corrected chi connectivity index (χ3v) is 4.53. The van der Waals surface area contributed by atoms with E-state index in [1.165, 1.54) is 25.3 Å². The van der Waals surface area contributed by atoms with E-state index in [-0.39, 0.29) is 48.0 Å². The molecule has 1 aliphatic rings. The Kier molecular flexibility index (Phi) is 7.48. The molecule has 0 fully saturated rings.